The van der Waals surface area contributed by atoms with Crippen LogP contribution in [0.4, 0.5) is 0 Å². The highest BCUT2D eigenvalue weighted by molar-refractivity contribution is 5.79. The molecule has 4 heteroatoms. The molecule has 1 fully saturated rings. The van der Waals surface area contributed by atoms with Crippen molar-refractivity contribution in [2.45, 2.75) is 38.6 Å². The van der Waals surface area contributed by atoms with Crippen LogP contribution in [0.15, 0.2) is 36.5 Å². The topological polar surface area (TPSA) is 38.1 Å². The van der Waals surface area contributed by atoms with E-state index in [1.807, 2.05) is 34.0 Å². The first-order valence-corrected chi connectivity index (χ1v) is 8.23. The number of para-hydroxylation sites is 1. The number of aromatic nitrogens is 2. The van der Waals surface area contributed by atoms with Crippen LogP contribution >= 0.6 is 0 Å². The second kappa shape index (κ2) is 5.59. The van der Waals surface area contributed by atoms with Gasteiger partial charge in [0.2, 0.25) is 5.91 Å². The third-order valence-electron chi connectivity index (χ3n) is 4.93. The Morgan fingerprint density at radius 3 is 2.68 bits per heavy atom. The van der Waals surface area contributed by atoms with Gasteiger partial charge in [-0.05, 0) is 37.8 Å². The molecule has 0 unspecified atom stereocenters. The summed E-state index contributed by atoms with van der Waals surface area (Å²) in [6.45, 7) is 1.59. The summed E-state index contributed by atoms with van der Waals surface area (Å²) in [4.78, 5) is 14.6. The molecule has 4 rings (SSSR count). The summed E-state index contributed by atoms with van der Waals surface area (Å²) in [6.07, 6.45) is 7.30. The number of carbonyl (C=O) groups is 1. The lowest BCUT2D eigenvalue weighted by molar-refractivity contribution is -0.138. The van der Waals surface area contributed by atoms with Gasteiger partial charge in [0, 0.05) is 30.3 Å². The third kappa shape index (κ3) is 2.32. The number of nitrogens with zero attached hydrogens (tertiary/aromatic N) is 3. The summed E-state index contributed by atoms with van der Waals surface area (Å²) in [7, 11) is 0. The maximum atomic E-state index is 12.5. The largest absolute Gasteiger partial charge is 0.338 e. The second-order valence-corrected chi connectivity index (χ2v) is 6.36. The molecule has 1 aliphatic heterocycles. The zero-order chi connectivity index (χ0) is 14.9. The molecular formula is C18H21N3O. The normalized spacial score (nSPS) is 18.5. The fraction of sp³-hybridized carbons (Fsp3) is 0.444. The minimum Gasteiger partial charge on any atom is -0.338 e. The average Bonchev–Trinajstić information content (AvgIpc) is 2.76. The molecule has 1 saturated carbocycles. The van der Waals surface area contributed by atoms with Crippen LogP contribution in [-0.4, -0.2) is 27.1 Å². The molecule has 0 saturated heterocycles. The van der Waals surface area contributed by atoms with Gasteiger partial charge in [-0.15, -0.1) is 0 Å². The van der Waals surface area contributed by atoms with Gasteiger partial charge in [0.05, 0.1) is 11.9 Å². The summed E-state index contributed by atoms with van der Waals surface area (Å²) >= 11 is 0. The van der Waals surface area contributed by atoms with Crippen molar-refractivity contribution in [3.05, 3.63) is 47.8 Å². The molecule has 1 aromatic carbocycles. The number of hydrogen-bond acceptors (Lipinski definition) is 2. The Kier molecular flexibility index (Phi) is 3.45. The van der Waals surface area contributed by atoms with Gasteiger partial charge in [0.25, 0.3) is 0 Å². The molecule has 2 heterocycles. The van der Waals surface area contributed by atoms with Crippen molar-refractivity contribution in [2.75, 3.05) is 6.54 Å². The van der Waals surface area contributed by atoms with Crippen molar-refractivity contribution in [1.82, 2.24) is 14.7 Å². The smallest absolute Gasteiger partial charge is 0.225 e. The maximum Gasteiger partial charge on any atom is 0.225 e. The fourth-order valence-corrected chi connectivity index (χ4v) is 3.42. The maximum absolute atomic E-state index is 12.5. The first kappa shape index (κ1) is 13.6. The van der Waals surface area contributed by atoms with Crippen LogP contribution in [0.3, 0.4) is 0 Å². The fourth-order valence-electron chi connectivity index (χ4n) is 3.42. The predicted molar refractivity (Wildman–Crippen MR) is 84.6 cm³/mol. The molecule has 1 aliphatic carbocycles. The van der Waals surface area contributed by atoms with Gasteiger partial charge in [-0.25, -0.2) is 4.68 Å². The van der Waals surface area contributed by atoms with Gasteiger partial charge in [-0.1, -0.05) is 24.6 Å². The lowest BCUT2D eigenvalue weighted by atomic mass is 9.84. The van der Waals surface area contributed by atoms with E-state index in [2.05, 4.69) is 17.2 Å². The van der Waals surface area contributed by atoms with Gasteiger partial charge in [-0.3, -0.25) is 4.79 Å². The number of rotatable bonds is 2. The van der Waals surface area contributed by atoms with Crippen molar-refractivity contribution >= 4 is 5.91 Å². The van der Waals surface area contributed by atoms with E-state index in [0.29, 0.717) is 5.91 Å². The quantitative estimate of drug-likeness (QED) is 0.854. The molecule has 0 N–H and O–H groups in total. The second-order valence-electron chi connectivity index (χ2n) is 6.36. The highest BCUT2D eigenvalue weighted by atomic mass is 16.2. The van der Waals surface area contributed by atoms with Crippen LogP contribution in [0.1, 0.15) is 36.9 Å². The van der Waals surface area contributed by atoms with Crippen molar-refractivity contribution in [3.8, 4) is 5.69 Å². The monoisotopic (exact) mass is 295 g/mol. The highest BCUT2D eigenvalue weighted by Gasteiger charge is 2.31. The number of fused-ring (bicyclic) bond motifs is 1. The van der Waals surface area contributed by atoms with Crippen molar-refractivity contribution < 1.29 is 4.79 Å². The summed E-state index contributed by atoms with van der Waals surface area (Å²) in [5.74, 6) is 0.636. The van der Waals surface area contributed by atoms with E-state index < -0.39 is 0 Å². The van der Waals surface area contributed by atoms with Gasteiger partial charge in [0.15, 0.2) is 0 Å². The molecule has 4 nitrogen and oxygen atoms in total. The van der Waals surface area contributed by atoms with Gasteiger partial charge in [-0.2, -0.15) is 5.10 Å². The Morgan fingerprint density at radius 1 is 1.14 bits per heavy atom. The zero-order valence-corrected chi connectivity index (χ0v) is 12.7. The zero-order valence-electron chi connectivity index (χ0n) is 12.7. The summed E-state index contributed by atoms with van der Waals surface area (Å²) < 4.78 is 2.03. The Hall–Kier alpha value is -2.10. The molecule has 1 aromatic heterocycles. The molecule has 0 bridgehead atoms. The average molecular weight is 295 g/mol. The van der Waals surface area contributed by atoms with Crippen LogP contribution in [0, 0.1) is 5.92 Å². The third-order valence-corrected chi connectivity index (χ3v) is 4.93. The molecule has 0 atom stereocenters. The molecule has 0 radical (unpaired) electrons. The van der Waals surface area contributed by atoms with E-state index in [-0.39, 0.29) is 5.92 Å². The lowest BCUT2D eigenvalue weighted by Crippen LogP contribution is -2.38. The van der Waals surface area contributed by atoms with E-state index in [1.165, 1.54) is 17.7 Å². The van der Waals surface area contributed by atoms with E-state index in [4.69, 9.17) is 0 Å². The Balaban J connectivity index is 1.60. The van der Waals surface area contributed by atoms with Crippen LogP contribution in [0.5, 0.6) is 0 Å². The summed E-state index contributed by atoms with van der Waals surface area (Å²) in [5, 5.41) is 4.56. The van der Waals surface area contributed by atoms with E-state index in [1.54, 1.807) is 0 Å². The Bertz CT molecular complexity index is 673. The molecule has 2 aliphatic rings. The first-order chi connectivity index (χ1) is 10.8. The van der Waals surface area contributed by atoms with Crippen LogP contribution in [-0.2, 0) is 17.8 Å². The summed E-state index contributed by atoms with van der Waals surface area (Å²) in [6, 6.07) is 10.2. The molecule has 1 amide bonds. The van der Waals surface area contributed by atoms with Crippen LogP contribution in [0.25, 0.3) is 5.69 Å². The number of benzene rings is 1. The van der Waals surface area contributed by atoms with E-state index in [0.717, 1.165) is 44.5 Å². The van der Waals surface area contributed by atoms with Crippen molar-refractivity contribution in [2.24, 2.45) is 5.92 Å². The molecule has 22 heavy (non-hydrogen) atoms. The Labute approximate surface area is 130 Å². The number of carbonyl (C=O) groups excluding carboxylic acids is 1. The molecular weight excluding hydrogens is 274 g/mol. The van der Waals surface area contributed by atoms with Crippen LogP contribution < -0.4 is 0 Å². The van der Waals surface area contributed by atoms with E-state index >= 15 is 0 Å². The molecule has 114 valence electrons. The van der Waals surface area contributed by atoms with Gasteiger partial charge in [0.1, 0.15) is 0 Å². The minimum atomic E-state index is 0.283. The van der Waals surface area contributed by atoms with Gasteiger partial charge < -0.3 is 4.90 Å². The summed E-state index contributed by atoms with van der Waals surface area (Å²) in [5.41, 5.74) is 3.56. The van der Waals surface area contributed by atoms with Gasteiger partial charge >= 0.3 is 0 Å². The van der Waals surface area contributed by atoms with Crippen molar-refractivity contribution in [3.63, 3.8) is 0 Å². The van der Waals surface area contributed by atoms with Crippen LogP contribution in [0.2, 0.25) is 0 Å². The molecule has 2 aromatic rings. The Morgan fingerprint density at radius 2 is 1.95 bits per heavy atom. The van der Waals surface area contributed by atoms with E-state index in [9.17, 15) is 4.79 Å². The number of amides is 1. The van der Waals surface area contributed by atoms with Crippen molar-refractivity contribution in [1.29, 1.82) is 0 Å². The highest BCUT2D eigenvalue weighted by Crippen LogP contribution is 2.30. The lowest BCUT2D eigenvalue weighted by Gasteiger charge is -2.30. The molecule has 0 spiro atoms. The predicted octanol–water partition coefficient (Wildman–Crippen LogP) is 2.95. The standard InChI is InChI=1S/C18H21N3O/c22-18(14-6-4-7-14)20-11-5-10-17-15(13-20)12-19-21(17)16-8-2-1-3-9-16/h1-3,8-9,12,14H,4-7,10-11,13H2. The minimum absolute atomic E-state index is 0.283. The number of hydrogen-bond donors (Lipinski definition) is 0. The first-order valence-electron chi connectivity index (χ1n) is 8.23. The SMILES string of the molecule is O=C(C1CCC1)N1CCCc2c(cnn2-c2ccccc2)C1.